The van der Waals surface area contributed by atoms with Crippen LogP contribution in [0.4, 0.5) is 0 Å². The lowest BCUT2D eigenvalue weighted by Crippen LogP contribution is -2.24. The highest BCUT2D eigenvalue weighted by Crippen LogP contribution is 2.25. The third kappa shape index (κ3) is 5.44. The average molecular weight is 342 g/mol. The Balaban J connectivity index is 2.49. The van der Waals surface area contributed by atoms with Crippen molar-refractivity contribution in [2.75, 3.05) is 20.8 Å². The van der Waals surface area contributed by atoms with Crippen molar-refractivity contribution >= 4 is 33.9 Å². The largest absolute Gasteiger partial charge is 0.496 e. The Morgan fingerprint density at radius 3 is 2.70 bits per heavy atom. The number of carbonyl (C=O) groups is 2. The number of carbonyl (C=O) groups excluding carboxylic acids is 2. The van der Waals surface area contributed by atoms with Gasteiger partial charge in [-0.3, -0.25) is 9.59 Å². The van der Waals surface area contributed by atoms with E-state index in [-0.39, 0.29) is 24.8 Å². The Morgan fingerprint density at radius 2 is 2.10 bits per heavy atom. The van der Waals surface area contributed by atoms with E-state index in [1.807, 2.05) is 12.1 Å². The van der Waals surface area contributed by atoms with Gasteiger partial charge in [-0.25, -0.2) is 0 Å². The molecule has 5 nitrogen and oxygen atoms in total. The van der Waals surface area contributed by atoms with Gasteiger partial charge in [0.2, 0.25) is 5.91 Å². The molecule has 1 aromatic carbocycles. The van der Waals surface area contributed by atoms with Gasteiger partial charge in [0, 0.05) is 12.6 Å². The number of esters is 1. The molecule has 0 atom stereocenters. The van der Waals surface area contributed by atoms with Gasteiger partial charge in [0.15, 0.2) is 0 Å². The Bertz CT molecular complexity index is 514. The summed E-state index contributed by atoms with van der Waals surface area (Å²) >= 11 is 3.37. The molecule has 0 saturated heterocycles. The molecule has 108 valence electrons. The van der Waals surface area contributed by atoms with Crippen LogP contribution in [0.2, 0.25) is 0 Å². The summed E-state index contributed by atoms with van der Waals surface area (Å²) in [4.78, 5) is 22.4. The number of ether oxygens (including phenoxy) is 2. The van der Waals surface area contributed by atoms with Crippen LogP contribution in [0.15, 0.2) is 28.7 Å². The standard InChI is InChI=1S/C14H16BrNO4/c1-19-12-5-3-10(9-11(12)15)4-6-13(17)16-8-7-14(18)20-2/h3-6,9H,7-8H2,1-2H3,(H,16,17)/b6-4+. The highest BCUT2D eigenvalue weighted by atomic mass is 79.9. The Morgan fingerprint density at radius 1 is 1.35 bits per heavy atom. The molecular weight excluding hydrogens is 326 g/mol. The van der Waals surface area contributed by atoms with Crippen LogP contribution in [0, 0.1) is 0 Å². The summed E-state index contributed by atoms with van der Waals surface area (Å²) in [6, 6.07) is 5.48. The lowest BCUT2D eigenvalue weighted by atomic mass is 10.2. The molecule has 1 amide bonds. The normalized spacial score (nSPS) is 10.3. The molecule has 0 fully saturated rings. The van der Waals surface area contributed by atoms with Crippen LogP contribution in [0.1, 0.15) is 12.0 Å². The van der Waals surface area contributed by atoms with Crippen molar-refractivity contribution in [1.29, 1.82) is 0 Å². The number of hydrogen-bond acceptors (Lipinski definition) is 4. The van der Waals surface area contributed by atoms with E-state index in [9.17, 15) is 9.59 Å². The molecule has 1 aromatic rings. The van der Waals surface area contributed by atoms with Gasteiger partial charge >= 0.3 is 5.97 Å². The van der Waals surface area contributed by atoms with Crippen molar-refractivity contribution in [1.82, 2.24) is 5.32 Å². The Hall–Kier alpha value is -1.82. The first-order chi connectivity index (χ1) is 9.56. The zero-order valence-corrected chi connectivity index (χ0v) is 12.9. The quantitative estimate of drug-likeness (QED) is 0.636. The number of amides is 1. The molecule has 0 unspecified atom stereocenters. The van der Waals surface area contributed by atoms with E-state index in [0.717, 1.165) is 15.8 Å². The molecule has 0 saturated carbocycles. The maximum atomic E-state index is 11.5. The zero-order chi connectivity index (χ0) is 15.0. The molecule has 0 aromatic heterocycles. The minimum Gasteiger partial charge on any atom is -0.496 e. The summed E-state index contributed by atoms with van der Waals surface area (Å²) < 4.78 is 10.4. The van der Waals surface area contributed by atoms with E-state index >= 15 is 0 Å². The Labute approximate surface area is 126 Å². The minimum absolute atomic E-state index is 0.157. The summed E-state index contributed by atoms with van der Waals surface area (Å²) in [6.07, 6.45) is 3.24. The van der Waals surface area contributed by atoms with Crippen molar-refractivity contribution in [3.8, 4) is 5.75 Å². The topological polar surface area (TPSA) is 64.6 Å². The fraction of sp³-hybridized carbons (Fsp3) is 0.286. The highest BCUT2D eigenvalue weighted by molar-refractivity contribution is 9.10. The van der Waals surface area contributed by atoms with Crippen LogP contribution < -0.4 is 10.1 Å². The van der Waals surface area contributed by atoms with Crippen LogP contribution in [0.25, 0.3) is 6.08 Å². The molecule has 0 spiro atoms. The van der Waals surface area contributed by atoms with E-state index in [1.54, 1.807) is 19.3 Å². The van der Waals surface area contributed by atoms with Crippen molar-refractivity contribution < 1.29 is 19.1 Å². The lowest BCUT2D eigenvalue weighted by molar-refractivity contribution is -0.140. The first kappa shape index (κ1) is 16.2. The molecule has 6 heteroatoms. The first-order valence-corrected chi connectivity index (χ1v) is 6.72. The van der Waals surface area contributed by atoms with E-state index in [2.05, 4.69) is 26.0 Å². The second-order valence-corrected chi connectivity index (χ2v) is 4.70. The van der Waals surface area contributed by atoms with Gasteiger partial charge in [-0.1, -0.05) is 6.07 Å². The summed E-state index contributed by atoms with van der Waals surface area (Å²) in [5.41, 5.74) is 0.862. The SMILES string of the molecule is COC(=O)CCNC(=O)/C=C/c1ccc(OC)c(Br)c1. The third-order valence-electron chi connectivity index (χ3n) is 2.46. The summed E-state index contributed by atoms with van der Waals surface area (Å²) in [5, 5.41) is 2.59. The van der Waals surface area contributed by atoms with Crippen LogP contribution in [-0.4, -0.2) is 32.6 Å². The lowest BCUT2D eigenvalue weighted by Gasteiger charge is -2.03. The zero-order valence-electron chi connectivity index (χ0n) is 11.3. The van der Waals surface area contributed by atoms with Gasteiger partial charge < -0.3 is 14.8 Å². The second-order valence-electron chi connectivity index (χ2n) is 3.84. The minimum atomic E-state index is -0.353. The van der Waals surface area contributed by atoms with E-state index in [4.69, 9.17) is 4.74 Å². The number of nitrogens with one attached hydrogen (secondary N) is 1. The molecule has 1 rings (SSSR count). The molecule has 0 aliphatic heterocycles. The molecule has 0 aliphatic rings. The van der Waals surface area contributed by atoms with E-state index in [0.29, 0.717) is 0 Å². The number of rotatable bonds is 6. The molecule has 1 N–H and O–H groups in total. The molecule has 0 aliphatic carbocycles. The first-order valence-electron chi connectivity index (χ1n) is 5.93. The van der Waals surface area contributed by atoms with Gasteiger partial charge in [0.05, 0.1) is 25.1 Å². The van der Waals surface area contributed by atoms with Crippen LogP contribution in [0.5, 0.6) is 5.75 Å². The van der Waals surface area contributed by atoms with Crippen LogP contribution >= 0.6 is 15.9 Å². The number of halogens is 1. The predicted molar refractivity (Wildman–Crippen MR) is 79.4 cm³/mol. The monoisotopic (exact) mass is 341 g/mol. The number of hydrogen-bond donors (Lipinski definition) is 1. The summed E-state index contributed by atoms with van der Waals surface area (Å²) in [6.45, 7) is 0.252. The van der Waals surface area contributed by atoms with Crippen molar-refractivity contribution in [3.05, 3.63) is 34.3 Å². The maximum absolute atomic E-state index is 11.5. The van der Waals surface area contributed by atoms with E-state index in [1.165, 1.54) is 13.2 Å². The second kappa shape index (κ2) is 8.37. The van der Waals surface area contributed by atoms with Gasteiger partial charge in [0.1, 0.15) is 5.75 Å². The van der Waals surface area contributed by atoms with Crippen LogP contribution in [0.3, 0.4) is 0 Å². The summed E-state index contributed by atoms with van der Waals surface area (Å²) in [7, 11) is 2.90. The molecule has 0 heterocycles. The van der Waals surface area contributed by atoms with Gasteiger partial charge in [-0.15, -0.1) is 0 Å². The number of benzene rings is 1. The van der Waals surface area contributed by atoms with Gasteiger partial charge in [0.25, 0.3) is 0 Å². The van der Waals surface area contributed by atoms with Crippen molar-refractivity contribution in [2.45, 2.75) is 6.42 Å². The smallest absolute Gasteiger partial charge is 0.307 e. The fourth-order valence-electron chi connectivity index (χ4n) is 1.41. The van der Waals surface area contributed by atoms with Crippen LogP contribution in [-0.2, 0) is 14.3 Å². The molecule has 0 radical (unpaired) electrons. The van der Waals surface area contributed by atoms with Crippen molar-refractivity contribution in [3.63, 3.8) is 0 Å². The molecular formula is C14H16BrNO4. The summed E-state index contributed by atoms with van der Waals surface area (Å²) in [5.74, 6) is 0.110. The van der Waals surface area contributed by atoms with E-state index < -0.39 is 0 Å². The molecule has 20 heavy (non-hydrogen) atoms. The van der Waals surface area contributed by atoms with Gasteiger partial charge in [-0.2, -0.15) is 0 Å². The Kier molecular flexibility index (Phi) is 6.79. The average Bonchev–Trinajstić information content (AvgIpc) is 2.45. The fourth-order valence-corrected chi connectivity index (χ4v) is 1.97. The maximum Gasteiger partial charge on any atom is 0.307 e. The highest BCUT2D eigenvalue weighted by Gasteiger charge is 2.02. The number of methoxy groups -OCH3 is 2. The third-order valence-corrected chi connectivity index (χ3v) is 3.08. The predicted octanol–water partition coefficient (Wildman–Crippen LogP) is 2.15. The van der Waals surface area contributed by atoms with Crippen molar-refractivity contribution in [2.24, 2.45) is 0 Å². The van der Waals surface area contributed by atoms with Gasteiger partial charge in [-0.05, 0) is 39.7 Å². The molecule has 0 bridgehead atoms.